The maximum Gasteiger partial charge on any atom is 0.330 e. The van der Waals surface area contributed by atoms with Crippen LogP contribution in [0, 0.1) is 0 Å². The molecule has 0 aliphatic rings. The van der Waals surface area contributed by atoms with Crippen LogP contribution in [0.5, 0.6) is 0 Å². The van der Waals surface area contributed by atoms with Gasteiger partial charge in [0, 0.05) is 25.5 Å². The van der Waals surface area contributed by atoms with Gasteiger partial charge in [-0.1, -0.05) is 6.07 Å². The van der Waals surface area contributed by atoms with Crippen LogP contribution in [0.2, 0.25) is 0 Å². The Morgan fingerprint density at radius 1 is 1.22 bits per heavy atom. The number of carbonyl (C=O) groups excluding carboxylic acids is 2. The zero-order chi connectivity index (χ0) is 19.2. The van der Waals surface area contributed by atoms with E-state index in [9.17, 15) is 9.59 Å². The van der Waals surface area contributed by atoms with Gasteiger partial charge in [0.2, 0.25) is 5.82 Å². The van der Waals surface area contributed by atoms with E-state index in [1.165, 1.54) is 11.3 Å². The Morgan fingerprint density at radius 3 is 2.67 bits per heavy atom. The van der Waals surface area contributed by atoms with E-state index < -0.39 is 11.9 Å². The van der Waals surface area contributed by atoms with Gasteiger partial charge in [-0.3, -0.25) is 4.79 Å². The van der Waals surface area contributed by atoms with Crippen molar-refractivity contribution in [2.24, 2.45) is 0 Å². The number of anilines is 2. The molecule has 0 saturated carbocycles. The topological polar surface area (TPSA) is 102 Å². The molecule has 27 heavy (non-hydrogen) atoms. The quantitative estimate of drug-likeness (QED) is 0.616. The summed E-state index contributed by atoms with van der Waals surface area (Å²) in [6.45, 7) is -0.607. The SMILES string of the molecule is CN(C)c1ccc(NC(=O)COC(=O)Cn2nnc(-c3cccs3)n2)cc1. The van der Waals surface area contributed by atoms with Crippen LogP contribution in [0.1, 0.15) is 0 Å². The number of esters is 1. The van der Waals surface area contributed by atoms with Gasteiger partial charge in [0.1, 0.15) is 0 Å². The third-order valence-corrected chi connectivity index (χ3v) is 4.36. The van der Waals surface area contributed by atoms with E-state index >= 15 is 0 Å². The van der Waals surface area contributed by atoms with Crippen LogP contribution < -0.4 is 10.2 Å². The number of nitrogens with one attached hydrogen (secondary N) is 1. The predicted octanol–water partition coefficient (Wildman–Crippen LogP) is 1.65. The summed E-state index contributed by atoms with van der Waals surface area (Å²) in [5.74, 6) is -0.605. The third kappa shape index (κ3) is 5.11. The van der Waals surface area contributed by atoms with Crippen LogP contribution >= 0.6 is 11.3 Å². The van der Waals surface area contributed by atoms with Gasteiger partial charge in [-0.15, -0.1) is 21.5 Å². The number of rotatable bonds is 7. The van der Waals surface area contributed by atoms with E-state index in [1.54, 1.807) is 12.1 Å². The van der Waals surface area contributed by atoms with E-state index in [0.29, 0.717) is 11.5 Å². The van der Waals surface area contributed by atoms with Gasteiger partial charge in [-0.05, 0) is 40.9 Å². The minimum atomic E-state index is -0.622. The molecule has 0 aliphatic carbocycles. The molecule has 0 radical (unpaired) electrons. The normalized spacial score (nSPS) is 10.4. The molecule has 0 saturated heterocycles. The third-order valence-electron chi connectivity index (χ3n) is 3.50. The molecular formula is C17H18N6O3S. The van der Waals surface area contributed by atoms with Crippen molar-refractivity contribution in [1.29, 1.82) is 0 Å². The highest BCUT2D eigenvalue weighted by Gasteiger charge is 2.12. The average molecular weight is 386 g/mol. The van der Waals surface area contributed by atoms with Gasteiger partial charge in [-0.25, -0.2) is 4.79 Å². The molecule has 1 N–H and O–H groups in total. The number of carbonyl (C=O) groups is 2. The summed E-state index contributed by atoms with van der Waals surface area (Å²) in [6, 6.07) is 11.1. The second-order valence-corrected chi connectivity index (χ2v) is 6.72. The Labute approximate surface area is 159 Å². The van der Waals surface area contributed by atoms with Gasteiger partial charge in [0.15, 0.2) is 13.2 Å². The number of benzene rings is 1. The highest BCUT2D eigenvalue weighted by Crippen LogP contribution is 2.19. The molecule has 2 aromatic heterocycles. The summed E-state index contributed by atoms with van der Waals surface area (Å²) in [5.41, 5.74) is 1.64. The molecule has 3 rings (SSSR count). The molecule has 0 bridgehead atoms. The standard InChI is InChI=1S/C17H18N6O3S/c1-22(2)13-7-5-12(6-8-13)18-15(24)11-26-16(25)10-23-20-17(19-21-23)14-4-3-9-27-14/h3-9H,10-11H2,1-2H3,(H,18,24). The first kappa shape index (κ1) is 18.5. The van der Waals surface area contributed by atoms with E-state index in [2.05, 4.69) is 20.7 Å². The number of tetrazole rings is 1. The fourth-order valence-electron chi connectivity index (χ4n) is 2.16. The van der Waals surface area contributed by atoms with E-state index in [-0.39, 0.29) is 13.2 Å². The summed E-state index contributed by atoms with van der Waals surface area (Å²) in [6.07, 6.45) is 0. The number of nitrogens with zero attached hydrogens (tertiary/aromatic N) is 5. The van der Waals surface area contributed by atoms with Gasteiger partial charge in [0.05, 0.1) is 4.88 Å². The van der Waals surface area contributed by atoms with Crippen LogP contribution in [-0.4, -0.2) is 52.8 Å². The summed E-state index contributed by atoms with van der Waals surface area (Å²) >= 11 is 1.48. The molecular weight excluding hydrogens is 368 g/mol. The molecule has 10 heteroatoms. The lowest BCUT2D eigenvalue weighted by molar-refractivity contribution is -0.148. The number of ether oxygens (including phenoxy) is 1. The number of amides is 1. The smallest absolute Gasteiger partial charge is 0.330 e. The lowest BCUT2D eigenvalue weighted by atomic mass is 10.2. The predicted molar refractivity (Wildman–Crippen MR) is 101 cm³/mol. The minimum Gasteiger partial charge on any atom is -0.454 e. The second kappa shape index (κ2) is 8.41. The Morgan fingerprint density at radius 2 is 2.00 bits per heavy atom. The highest BCUT2D eigenvalue weighted by molar-refractivity contribution is 7.13. The molecule has 9 nitrogen and oxygen atoms in total. The minimum absolute atomic E-state index is 0.219. The van der Waals surface area contributed by atoms with Crippen molar-refractivity contribution in [2.75, 3.05) is 30.9 Å². The number of aromatic nitrogens is 4. The van der Waals surface area contributed by atoms with Gasteiger partial charge >= 0.3 is 5.97 Å². The zero-order valence-electron chi connectivity index (χ0n) is 14.8. The van der Waals surface area contributed by atoms with Crippen LogP contribution in [0.3, 0.4) is 0 Å². The Kier molecular flexibility index (Phi) is 5.77. The largest absolute Gasteiger partial charge is 0.454 e. The van der Waals surface area contributed by atoms with Crippen LogP contribution in [0.25, 0.3) is 10.7 Å². The van der Waals surface area contributed by atoms with Gasteiger partial charge < -0.3 is 15.0 Å². The highest BCUT2D eigenvalue weighted by atomic mass is 32.1. The van der Waals surface area contributed by atoms with Crippen molar-refractivity contribution < 1.29 is 14.3 Å². The fraction of sp³-hybridized carbons (Fsp3) is 0.235. The lowest BCUT2D eigenvalue weighted by Crippen LogP contribution is -2.23. The van der Waals surface area contributed by atoms with E-state index in [4.69, 9.17) is 4.74 Å². The van der Waals surface area contributed by atoms with Crippen LogP contribution in [0.4, 0.5) is 11.4 Å². The van der Waals surface area contributed by atoms with Gasteiger partial charge in [-0.2, -0.15) is 4.80 Å². The van der Waals surface area contributed by atoms with Crippen molar-refractivity contribution in [3.05, 3.63) is 41.8 Å². The first-order chi connectivity index (χ1) is 13.0. The van der Waals surface area contributed by atoms with Crippen molar-refractivity contribution in [3.63, 3.8) is 0 Å². The van der Waals surface area contributed by atoms with Crippen LogP contribution in [-0.2, 0) is 20.9 Å². The molecule has 0 atom stereocenters. The molecule has 2 heterocycles. The lowest BCUT2D eigenvalue weighted by Gasteiger charge is -2.13. The molecule has 0 unspecified atom stereocenters. The summed E-state index contributed by atoms with van der Waals surface area (Å²) in [4.78, 5) is 27.7. The Hall–Kier alpha value is -3.27. The average Bonchev–Trinajstić information content (AvgIpc) is 3.32. The number of thiophene rings is 1. The van der Waals surface area contributed by atoms with E-state index in [1.807, 2.05) is 48.6 Å². The maximum absolute atomic E-state index is 11.9. The Balaban J connectivity index is 1.45. The summed E-state index contributed by atoms with van der Waals surface area (Å²) in [7, 11) is 3.86. The van der Waals surface area contributed by atoms with Crippen molar-refractivity contribution >= 4 is 34.6 Å². The first-order valence-corrected chi connectivity index (χ1v) is 8.94. The number of hydrogen-bond donors (Lipinski definition) is 1. The van der Waals surface area contributed by atoms with Crippen molar-refractivity contribution in [3.8, 4) is 10.7 Å². The monoisotopic (exact) mass is 386 g/mol. The molecule has 0 spiro atoms. The number of hydrogen-bond acceptors (Lipinski definition) is 8. The zero-order valence-corrected chi connectivity index (χ0v) is 15.6. The maximum atomic E-state index is 11.9. The molecule has 0 fully saturated rings. The fourth-order valence-corrected chi connectivity index (χ4v) is 2.81. The van der Waals surface area contributed by atoms with E-state index in [0.717, 1.165) is 15.4 Å². The second-order valence-electron chi connectivity index (χ2n) is 5.77. The summed E-state index contributed by atoms with van der Waals surface area (Å²) < 4.78 is 4.96. The van der Waals surface area contributed by atoms with Gasteiger partial charge in [0.25, 0.3) is 5.91 Å². The molecule has 0 aliphatic heterocycles. The molecule has 1 aromatic carbocycles. The van der Waals surface area contributed by atoms with Crippen molar-refractivity contribution in [1.82, 2.24) is 20.2 Å². The molecule has 140 valence electrons. The summed E-state index contributed by atoms with van der Waals surface area (Å²) in [5, 5.41) is 16.4. The molecule has 1 amide bonds. The first-order valence-electron chi connectivity index (χ1n) is 8.06. The molecule has 3 aromatic rings. The Bertz CT molecular complexity index is 905. The van der Waals surface area contributed by atoms with Crippen molar-refractivity contribution in [2.45, 2.75) is 6.54 Å². The van der Waals surface area contributed by atoms with Crippen LogP contribution in [0.15, 0.2) is 41.8 Å².